The predicted molar refractivity (Wildman–Crippen MR) is 175 cm³/mol. The van der Waals surface area contributed by atoms with E-state index in [0.29, 0.717) is 18.5 Å². The summed E-state index contributed by atoms with van der Waals surface area (Å²) >= 11 is 0. The highest BCUT2D eigenvalue weighted by atomic mass is 15.1. The van der Waals surface area contributed by atoms with Gasteiger partial charge in [0.05, 0.1) is 12.2 Å². The largest absolute Gasteiger partial charge is 0.351 e. The first-order valence-electron chi connectivity index (χ1n) is 17.3. The van der Waals surface area contributed by atoms with Crippen LogP contribution in [0.3, 0.4) is 0 Å². The monoisotopic (exact) mass is 554 g/mol. The highest BCUT2D eigenvalue weighted by Crippen LogP contribution is 2.36. The molecule has 4 aliphatic rings. The minimum absolute atomic E-state index is 0.457. The van der Waals surface area contributed by atoms with Gasteiger partial charge in [-0.05, 0) is 25.7 Å². The lowest BCUT2D eigenvalue weighted by atomic mass is 9.82. The van der Waals surface area contributed by atoms with Gasteiger partial charge in [-0.2, -0.15) is 0 Å². The van der Waals surface area contributed by atoms with Crippen molar-refractivity contribution in [2.45, 2.75) is 147 Å². The Morgan fingerprint density at radius 3 is 1.66 bits per heavy atom. The molecular weight excluding hydrogens is 500 g/mol. The third-order valence-corrected chi connectivity index (χ3v) is 9.64. The molecule has 0 amide bonds. The summed E-state index contributed by atoms with van der Waals surface area (Å²) in [6.45, 7) is 0.674. The van der Waals surface area contributed by atoms with Crippen LogP contribution in [0.5, 0.6) is 0 Å². The molecule has 1 aromatic heterocycles. The first-order valence-corrected chi connectivity index (χ1v) is 17.3. The lowest BCUT2D eigenvalue weighted by molar-refractivity contribution is 0.459. The number of aliphatic imine (C=N–C) groups is 1. The fraction of sp³-hybridized carbons (Fsp3) is 0.649. The van der Waals surface area contributed by atoms with E-state index in [2.05, 4.69) is 48.0 Å². The molecule has 4 heteroatoms. The van der Waals surface area contributed by atoms with Gasteiger partial charge in [0, 0.05) is 40.6 Å². The normalized spacial score (nSPS) is 25.5. The number of hydrogen-bond acceptors (Lipinski definition) is 4. The lowest BCUT2D eigenvalue weighted by Crippen LogP contribution is -2.22. The molecule has 0 radical (unpaired) electrons. The highest BCUT2D eigenvalue weighted by molar-refractivity contribution is 6.15. The molecular formula is C37H54N4. The maximum absolute atomic E-state index is 5.33. The van der Waals surface area contributed by atoms with Crippen LogP contribution in [0, 0.1) is 5.92 Å². The Hall–Kier alpha value is -2.49. The fourth-order valence-electron chi connectivity index (χ4n) is 7.22. The zero-order valence-corrected chi connectivity index (χ0v) is 25.6. The molecule has 41 heavy (non-hydrogen) atoms. The van der Waals surface area contributed by atoms with Gasteiger partial charge in [0.25, 0.3) is 0 Å². The summed E-state index contributed by atoms with van der Waals surface area (Å²) in [5, 5.41) is 3.81. The number of fused-ring (bicyclic) bond motifs is 3. The smallest absolute Gasteiger partial charge is 0.223 e. The molecule has 0 spiro atoms. The second kappa shape index (κ2) is 16.8. The second-order valence-electron chi connectivity index (χ2n) is 12.9. The Morgan fingerprint density at radius 1 is 0.561 bits per heavy atom. The molecule has 0 unspecified atom stereocenters. The summed E-state index contributed by atoms with van der Waals surface area (Å²) in [5.74, 6) is 1.32. The molecule has 2 heterocycles. The molecule has 222 valence electrons. The van der Waals surface area contributed by atoms with E-state index in [1.807, 2.05) is 0 Å². The molecule has 4 nitrogen and oxygen atoms in total. The van der Waals surface area contributed by atoms with E-state index in [9.17, 15) is 0 Å². The van der Waals surface area contributed by atoms with Gasteiger partial charge in [-0.25, -0.2) is 9.97 Å². The van der Waals surface area contributed by atoms with Gasteiger partial charge in [0.2, 0.25) is 5.95 Å². The van der Waals surface area contributed by atoms with Crippen molar-refractivity contribution in [3.63, 3.8) is 0 Å². The van der Waals surface area contributed by atoms with Crippen molar-refractivity contribution in [2.75, 3.05) is 5.32 Å². The molecule has 0 aromatic carbocycles. The van der Waals surface area contributed by atoms with Crippen molar-refractivity contribution in [1.29, 1.82) is 0 Å². The number of allylic oxidation sites excluding steroid dienone is 8. The van der Waals surface area contributed by atoms with E-state index in [4.69, 9.17) is 15.0 Å². The minimum atomic E-state index is 0.457. The van der Waals surface area contributed by atoms with Crippen LogP contribution < -0.4 is 5.32 Å². The Morgan fingerprint density at radius 2 is 1.07 bits per heavy atom. The minimum Gasteiger partial charge on any atom is -0.351 e. The molecule has 1 aromatic rings. The molecule has 3 aliphatic carbocycles. The van der Waals surface area contributed by atoms with Gasteiger partial charge >= 0.3 is 0 Å². The Balaban J connectivity index is 1.37. The van der Waals surface area contributed by atoms with Gasteiger partial charge in [-0.3, -0.25) is 4.99 Å². The van der Waals surface area contributed by atoms with E-state index in [1.54, 1.807) is 0 Å². The first-order chi connectivity index (χ1) is 20.4. The zero-order chi connectivity index (χ0) is 28.0. The molecule has 2 saturated carbocycles. The van der Waals surface area contributed by atoms with Crippen LogP contribution >= 0.6 is 0 Å². The summed E-state index contributed by atoms with van der Waals surface area (Å²) in [4.78, 5) is 15.4. The molecule has 1 aliphatic heterocycles. The number of nitrogens with zero attached hydrogens (tertiary/aromatic N) is 3. The van der Waals surface area contributed by atoms with Crippen LogP contribution in [-0.4, -0.2) is 21.7 Å². The van der Waals surface area contributed by atoms with Crippen LogP contribution in [0.1, 0.15) is 146 Å². The number of rotatable bonds is 3. The van der Waals surface area contributed by atoms with Crippen molar-refractivity contribution in [2.24, 2.45) is 10.9 Å². The van der Waals surface area contributed by atoms with Gasteiger partial charge in [0.1, 0.15) is 0 Å². The average Bonchev–Trinajstić information content (AvgIpc) is 3.09. The maximum Gasteiger partial charge on any atom is 0.223 e. The third kappa shape index (κ3) is 9.25. The summed E-state index contributed by atoms with van der Waals surface area (Å²) in [5.41, 5.74) is 6.01. The fourth-order valence-corrected chi connectivity index (χ4v) is 7.22. The van der Waals surface area contributed by atoms with Crippen LogP contribution in [0.25, 0.3) is 5.57 Å². The van der Waals surface area contributed by atoms with Crippen molar-refractivity contribution in [3.05, 3.63) is 59.5 Å². The standard InChI is InChI=1S/C37H54N4/c1-2-4-9-13-19-25-32(24-18-12-8-3-1)40-37-39-29-31-28-38-35(30-22-16-10-6-5-7-11-17-23-30)33-26-20-14-15-21-27-34(33)36(31)41-37/h14-15,20-21,26-27,29-30,32H,1-13,16-19,22-25,28H2,(H,39,40,41)/b15-14?,20-14?,21-15?,26-20?,27-21?,33-26+,34-27+. The van der Waals surface area contributed by atoms with E-state index < -0.39 is 0 Å². The van der Waals surface area contributed by atoms with Gasteiger partial charge < -0.3 is 5.32 Å². The van der Waals surface area contributed by atoms with E-state index in [1.165, 1.54) is 152 Å². The summed E-state index contributed by atoms with van der Waals surface area (Å²) in [6, 6.07) is 0.457. The highest BCUT2D eigenvalue weighted by Gasteiger charge is 2.27. The molecule has 5 rings (SSSR count). The molecule has 0 atom stereocenters. The molecule has 0 bridgehead atoms. The number of hydrogen-bond donors (Lipinski definition) is 1. The Labute approximate surface area is 250 Å². The Bertz CT molecular complexity index is 1080. The number of anilines is 1. The van der Waals surface area contributed by atoms with Crippen LogP contribution in [-0.2, 0) is 6.54 Å². The predicted octanol–water partition coefficient (Wildman–Crippen LogP) is 10.5. The van der Waals surface area contributed by atoms with E-state index in [0.717, 1.165) is 17.2 Å². The van der Waals surface area contributed by atoms with E-state index in [-0.39, 0.29) is 0 Å². The van der Waals surface area contributed by atoms with Crippen LogP contribution in [0.2, 0.25) is 0 Å². The second-order valence-corrected chi connectivity index (χ2v) is 12.9. The van der Waals surface area contributed by atoms with Gasteiger partial charge in [0.15, 0.2) is 0 Å². The number of aromatic nitrogens is 2. The van der Waals surface area contributed by atoms with Crippen molar-refractivity contribution in [1.82, 2.24) is 9.97 Å². The van der Waals surface area contributed by atoms with Crippen LogP contribution in [0.15, 0.2) is 53.2 Å². The van der Waals surface area contributed by atoms with Crippen molar-refractivity contribution < 1.29 is 0 Å². The lowest BCUT2D eigenvalue weighted by Gasteiger charge is -2.23. The average molecular weight is 555 g/mol. The summed E-state index contributed by atoms with van der Waals surface area (Å²) in [7, 11) is 0. The zero-order valence-electron chi connectivity index (χ0n) is 25.6. The van der Waals surface area contributed by atoms with E-state index >= 15 is 0 Å². The van der Waals surface area contributed by atoms with Crippen LogP contribution in [0.4, 0.5) is 5.95 Å². The van der Waals surface area contributed by atoms with Crippen molar-refractivity contribution >= 4 is 17.2 Å². The quantitative estimate of drug-likeness (QED) is 0.404. The number of nitrogens with one attached hydrogen (secondary N) is 1. The molecule has 1 N–H and O–H groups in total. The Kier molecular flexibility index (Phi) is 12.3. The van der Waals surface area contributed by atoms with Gasteiger partial charge in [-0.1, -0.05) is 146 Å². The third-order valence-electron chi connectivity index (χ3n) is 9.64. The SMILES string of the molecule is C1=C/C=C2/C(C3CCCCCCCCC3)=NCc3cnc(NC4CCCCCCCCCCCC4)nc3/C2=C/C=C1. The maximum atomic E-state index is 5.33. The summed E-state index contributed by atoms with van der Waals surface area (Å²) in [6.07, 6.45) is 43.4. The molecule has 0 saturated heterocycles. The summed E-state index contributed by atoms with van der Waals surface area (Å²) < 4.78 is 0. The van der Waals surface area contributed by atoms with Crippen molar-refractivity contribution in [3.8, 4) is 0 Å². The first kappa shape index (κ1) is 30.0. The van der Waals surface area contributed by atoms with Gasteiger partial charge in [-0.15, -0.1) is 0 Å². The molecule has 2 fully saturated rings. The topological polar surface area (TPSA) is 50.2 Å².